The first-order chi connectivity index (χ1) is 14.9. The van der Waals surface area contributed by atoms with Crippen LogP contribution in [0.2, 0.25) is 0 Å². The summed E-state index contributed by atoms with van der Waals surface area (Å²) >= 11 is 0. The fourth-order valence-corrected chi connectivity index (χ4v) is 5.56. The van der Waals surface area contributed by atoms with Crippen LogP contribution >= 0.6 is 0 Å². The van der Waals surface area contributed by atoms with Crippen molar-refractivity contribution in [3.05, 3.63) is 58.5 Å². The molecule has 2 atom stereocenters. The van der Waals surface area contributed by atoms with Crippen LogP contribution in [0.15, 0.2) is 24.4 Å². The summed E-state index contributed by atoms with van der Waals surface area (Å²) in [6, 6.07) is 3.57. The third kappa shape index (κ3) is 2.70. The number of halogens is 2. The molecule has 1 saturated heterocycles. The fraction of sp³-hybridized carbons (Fsp3) is 0.435. The second-order valence-corrected chi connectivity index (χ2v) is 8.97. The van der Waals surface area contributed by atoms with E-state index in [0.29, 0.717) is 29.2 Å². The first-order valence-corrected chi connectivity index (χ1v) is 10.8. The lowest BCUT2D eigenvalue weighted by Gasteiger charge is -2.34. The van der Waals surface area contributed by atoms with E-state index in [1.54, 1.807) is 17.9 Å². The number of carbonyl (C=O) groups is 1. The van der Waals surface area contributed by atoms with Gasteiger partial charge in [-0.2, -0.15) is 10.2 Å². The summed E-state index contributed by atoms with van der Waals surface area (Å²) in [6.07, 6.45) is 6.25. The van der Waals surface area contributed by atoms with Crippen LogP contribution in [0.25, 0.3) is 11.3 Å². The highest BCUT2D eigenvalue weighted by Crippen LogP contribution is 2.48. The summed E-state index contributed by atoms with van der Waals surface area (Å²) in [5.41, 5.74) is 4.56. The molecule has 2 bridgehead atoms. The highest BCUT2D eigenvalue weighted by molar-refractivity contribution is 5.96. The van der Waals surface area contributed by atoms with E-state index < -0.39 is 11.6 Å². The molecule has 1 amide bonds. The van der Waals surface area contributed by atoms with Crippen LogP contribution in [0.4, 0.5) is 8.78 Å². The molecule has 0 spiro atoms. The Kier molecular flexibility index (Phi) is 3.91. The summed E-state index contributed by atoms with van der Waals surface area (Å²) in [7, 11) is 3.68. The average molecular weight is 423 g/mol. The number of hydrogen-bond donors (Lipinski definition) is 0. The van der Waals surface area contributed by atoms with Gasteiger partial charge in [0, 0.05) is 43.2 Å². The lowest BCUT2D eigenvalue weighted by Crippen LogP contribution is -2.42. The second kappa shape index (κ2) is 6.48. The van der Waals surface area contributed by atoms with Crippen molar-refractivity contribution in [3.63, 3.8) is 0 Å². The van der Waals surface area contributed by atoms with E-state index in [-0.39, 0.29) is 18.0 Å². The molecule has 0 radical (unpaired) electrons. The molecule has 2 fully saturated rings. The van der Waals surface area contributed by atoms with Crippen molar-refractivity contribution in [2.24, 2.45) is 14.1 Å². The maximum Gasteiger partial charge on any atom is 0.258 e. The molecule has 4 heterocycles. The van der Waals surface area contributed by atoms with Gasteiger partial charge >= 0.3 is 0 Å². The molecule has 2 aromatic heterocycles. The number of aryl methyl sites for hydroxylation is 2. The van der Waals surface area contributed by atoms with Gasteiger partial charge in [0.05, 0.1) is 34.9 Å². The van der Waals surface area contributed by atoms with Crippen LogP contribution in [0, 0.1) is 11.6 Å². The average Bonchev–Trinajstić information content (AvgIpc) is 3.30. The molecule has 6 nitrogen and oxygen atoms in total. The Morgan fingerprint density at radius 2 is 1.90 bits per heavy atom. The molecular weight excluding hydrogens is 400 g/mol. The highest BCUT2D eigenvalue weighted by Gasteiger charge is 2.47. The minimum atomic E-state index is -0.600. The number of nitrogens with zero attached hydrogens (tertiary/aromatic N) is 5. The molecule has 8 heteroatoms. The zero-order valence-corrected chi connectivity index (χ0v) is 17.5. The monoisotopic (exact) mass is 423 g/mol. The number of rotatable bonds is 3. The predicted octanol–water partition coefficient (Wildman–Crippen LogP) is 3.88. The first-order valence-electron chi connectivity index (χ1n) is 10.8. The topological polar surface area (TPSA) is 56.0 Å². The molecule has 2 aliphatic heterocycles. The molecule has 3 aliphatic rings. The minimum absolute atomic E-state index is 0.0216. The second-order valence-electron chi connectivity index (χ2n) is 8.97. The lowest BCUT2D eigenvalue weighted by atomic mass is 9.94. The van der Waals surface area contributed by atoms with Crippen molar-refractivity contribution in [2.75, 3.05) is 0 Å². The SMILES string of the molecule is Cn1nc2c(c1-c1ccc(F)cc1F)C[C@H]1CC[C@@H]2N1C(=O)c1cnn(C)c1C1CC1. The van der Waals surface area contributed by atoms with Gasteiger partial charge in [0.15, 0.2) is 0 Å². The van der Waals surface area contributed by atoms with Crippen molar-refractivity contribution in [1.29, 1.82) is 0 Å². The number of amides is 1. The largest absolute Gasteiger partial charge is 0.327 e. The van der Waals surface area contributed by atoms with E-state index >= 15 is 0 Å². The normalized spacial score (nSPS) is 22.1. The number of fused-ring (bicyclic) bond motifs is 4. The molecule has 31 heavy (non-hydrogen) atoms. The maximum absolute atomic E-state index is 14.6. The summed E-state index contributed by atoms with van der Waals surface area (Å²) in [5, 5.41) is 9.07. The van der Waals surface area contributed by atoms with E-state index in [1.165, 1.54) is 12.1 Å². The van der Waals surface area contributed by atoms with Crippen molar-refractivity contribution < 1.29 is 13.6 Å². The Morgan fingerprint density at radius 1 is 1.10 bits per heavy atom. The van der Waals surface area contributed by atoms with Gasteiger partial charge in [0.25, 0.3) is 5.91 Å². The van der Waals surface area contributed by atoms with Crippen LogP contribution < -0.4 is 0 Å². The Bertz CT molecular complexity index is 1230. The Balaban J connectivity index is 1.41. The molecule has 0 unspecified atom stereocenters. The zero-order valence-electron chi connectivity index (χ0n) is 17.5. The van der Waals surface area contributed by atoms with Crippen molar-refractivity contribution >= 4 is 5.91 Å². The summed E-state index contributed by atoms with van der Waals surface area (Å²) in [4.78, 5) is 15.6. The van der Waals surface area contributed by atoms with Gasteiger partial charge < -0.3 is 4.90 Å². The first kappa shape index (κ1) is 18.7. The molecule has 1 saturated carbocycles. The Labute approximate surface area is 178 Å². The Morgan fingerprint density at radius 3 is 2.65 bits per heavy atom. The summed E-state index contributed by atoms with van der Waals surface area (Å²) in [6.45, 7) is 0. The number of benzene rings is 1. The predicted molar refractivity (Wildman–Crippen MR) is 109 cm³/mol. The van der Waals surface area contributed by atoms with E-state index in [4.69, 9.17) is 5.10 Å². The molecule has 160 valence electrons. The van der Waals surface area contributed by atoms with Gasteiger partial charge in [-0.25, -0.2) is 8.78 Å². The molecule has 6 rings (SSSR count). The number of aromatic nitrogens is 4. The lowest BCUT2D eigenvalue weighted by molar-refractivity contribution is 0.0641. The molecule has 0 N–H and O–H groups in total. The van der Waals surface area contributed by atoms with E-state index in [9.17, 15) is 13.6 Å². The number of hydrogen-bond acceptors (Lipinski definition) is 3. The third-order valence-corrected chi connectivity index (χ3v) is 7.03. The van der Waals surface area contributed by atoms with Crippen LogP contribution in [0.5, 0.6) is 0 Å². The van der Waals surface area contributed by atoms with Gasteiger partial charge in [-0.05, 0) is 44.2 Å². The Hall–Kier alpha value is -3.03. The smallest absolute Gasteiger partial charge is 0.258 e. The van der Waals surface area contributed by atoms with Crippen molar-refractivity contribution in [1.82, 2.24) is 24.5 Å². The van der Waals surface area contributed by atoms with Gasteiger partial charge in [-0.1, -0.05) is 0 Å². The number of carbonyl (C=O) groups excluding carboxylic acids is 1. The van der Waals surface area contributed by atoms with Crippen LogP contribution in [-0.4, -0.2) is 36.4 Å². The molecular formula is C23H23F2N5O. The quantitative estimate of drug-likeness (QED) is 0.643. The van der Waals surface area contributed by atoms with E-state index in [2.05, 4.69) is 5.10 Å². The van der Waals surface area contributed by atoms with Crippen LogP contribution in [0.1, 0.15) is 65.0 Å². The summed E-state index contributed by atoms with van der Waals surface area (Å²) < 4.78 is 31.5. The van der Waals surface area contributed by atoms with E-state index in [1.807, 2.05) is 16.6 Å². The molecule has 1 aromatic carbocycles. The maximum atomic E-state index is 14.6. The fourth-order valence-electron chi connectivity index (χ4n) is 5.56. The van der Waals surface area contributed by atoms with Crippen LogP contribution in [-0.2, 0) is 20.5 Å². The van der Waals surface area contributed by atoms with Crippen molar-refractivity contribution in [2.45, 2.75) is 50.1 Å². The van der Waals surface area contributed by atoms with Gasteiger partial charge in [-0.3, -0.25) is 14.2 Å². The van der Waals surface area contributed by atoms with Crippen molar-refractivity contribution in [3.8, 4) is 11.3 Å². The molecule has 3 aromatic rings. The zero-order chi connectivity index (χ0) is 21.4. The van der Waals surface area contributed by atoms with Gasteiger partial charge in [0.2, 0.25) is 0 Å². The standard InChI is InChI=1S/C23H23F2N5O/c1-28-21(12-3-4-12)17(11-26-28)23(31)30-14-6-8-19(30)20-16(10-14)22(29(2)27-20)15-7-5-13(24)9-18(15)25/h5,7,9,11-12,14,19H,3-4,6,8,10H2,1-2H3/t14-,19+/m1/s1. The van der Waals surface area contributed by atoms with Gasteiger partial charge in [-0.15, -0.1) is 0 Å². The third-order valence-electron chi connectivity index (χ3n) is 7.03. The summed E-state index contributed by atoms with van der Waals surface area (Å²) in [5.74, 6) is -0.751. The van der Waals surface area contributed by atoms with E-state index in [0.717, 1.165) is 48.7 Å². The van der Waals surface area contributed by atoms with Gasteiger partial charge in [0.1, 0.15) is 11.6 Å². The van der Waals surface area contributed by atoms with Crippen LogP contribution in [0.3, 0.4) is 0 Å². The minimum Gasteiger partial charge on any atom is -0.327 e. The highest BCUT2D eigenvalue weighted by atomic mass is 19.1. The molecule has 1 aliphatic carbocycles.